The molecular formula is C22H17IN6O. The minimum atomic E-state index is -0.218. The molecular weight excluding hydrogens is 491 g/mol. The van der Waals surface area contributed by atoms with E-state index in [4.69, 9.17) is 9.51 Å². The molecule has 0 aliphatic heterocycles. The maximum absolute atomic E-state index is 9.27. The molecule has 1 fully saturated rings. The first-order valence-electron chi connectivity index (χ1n) is 9.59. The average Bonchev–Trinajstić information content (AvgIpc) is 3.38. The van der Waals surface area contributed by atoms with E-state index in [0.29, 0.717) is 15.2 Å². The SMILES string of the molecule is Cn1cc(-c2nc(C3(c4ccc(-c5cnc(I)c(C#N)c5)cc4)CCC3)no2)cn1. The van der Waals surface area contributed by atoms with Crippen LogP contribution in [-0.4, -0.2) is 24.9 Å². The van der Waals surface area contributed by atoms with E-state index < -0.39 is 0 Å². The number of aryl methyl sites for hydroxylation is 1. The minimum Gasteiger partial charge on any atom is -0.334 e. The second-order valence-electron chi connectivity index (χ2n) is 7.51. The Morgan fingerprint density at radius 3 is 2.57 bits per heavy atom. The Morgan fingerprint density at radius 1 is 1.13 bits per heavy atom. The highest BCUT2D eigenvalue weighted by atomic mass is 127. The van der Waals surface area contributed by atoms with Gasteiger partial charge in [0.1, 0.15) is 9.77 Å². The molecule has 5 rings (SSSR count). The molecule has 0 radical (unpaired) electrons. The third-order valence-corrected chi connectivity index (χ3v) is 6.60. The topological polar surface area (TPSA) is 93.4 Å². The molecule has 0 bridgehead atoms. The number of benzene rings is 1. The van der Waals surface area contributed by atoms with E-state index in [1.165, 1.54) is 5.56 Å². The van der Waals surface area contributed by atoms with Crippen LogP contribution >= 0.6 is 22.6 Å². The minimum absolute atomic E-state index is 0.218. The normalized spacial score (nSPS) is 14.8. The van der Waals surface area contributed by atoms with Crippen LogP contribution in [0.2, 0.25) is 0 Å². The van der Waals surface area contributed by atoms with E-state index in [2.05, 4.69) is 68.2 Å². The largest absolute Gasteiger partial charge is 0.334 e. The Morgan fingerprint density at radius 2 is 1.93 bits per heavy atom. The van der Waals surface area contributed by atoms with E-state index in [0.717, 1.165) is 41.8 Å². The Bertz CT molecular complexity index is 1260. The van der Waals surface area contributed by atoms with Gasteiger partial charge in [-0.15, -0.1) is 0 Å². The molecule has 0 atom stereocenters. The van der Waals surface area contributed by atoms with Crippen molar-refractivity contribution in [3.8, 4) is 28.7 Å². The summed E-state index contributed by atoms with van der Waals surface area (Å²) in [7, 11) is 1.86. The summed E-state index contributed by atoms with van der Waals surface area (Å²) < 4.78 is 7.97. The van der Waals surface area contributed by atoms with Crippen molar-refractivity contribution < 1.29 is 4.52 Å². The lowest BCUT2D eigenvalue weighted by molar-refractivity contribution is 0.273. The summed E-state index contributed by atoms with van der Waals surface area (Å²) in [6.07, 6.45) is 8.50. The highest BCUT2D eigenvalue weighted by molar-refractivity contribution is 14.1. The van der Waals surface area contributed by atoms with Gasteiger partial charge in [0, 0.05) is 25.0 Å². The summed E-state index contributed by atoms with van der Waals surface area (Å²) in [6, 6.07) is 12.5. The molecule has 1 aliphatic carbocycles. The van der Waals surface area contributed by atoms with Gasteiger partial charge in [-0.3, -0.25) is 4.68 Å². The number of aromatic nitrogens is 5. The molecule has 0 amide bonds. The molecule has 3 heterocycles. The van der Waals surface area contributed by atoms with Crippen molar-refractivity contribution in [3.63, 3.8) is 0 Å². The summed E-state index contributed by atoms with van der Waals surface area (Å²) in [6.45, 7) is 0. The number of hydrogen-bond acceptors (Lipinski definition) is 6. The van der Waals surface area contributed by atoms with Gasteiger partial charge >= 0.3 is 0 Å². The van der Waals surface area contributed by atoms with Crippen LogP contribution in [-0.2, 0) is 12.5 Å². The number of nitriles is 1. The average molecular weight is 508 g/mol. The van der Waals surface area contributed by atoms with E-state index in [1.54, 1.807) is 17.1 Å². The second kappa shape index (κ2) is 7.32. The van der Waals surface area contributed by atoms with Gasteiger partial charge in [-0.1, -0.05) is 35.8 Å². The van der Waals surface area contributed by atoms with E-state index in [1.807, 2.05) is 19.3 Å². The molecule has 7 nitrogen and oxygen atoms in total. The molecule has 30 heavy (non-hydrogen) atoms. The lowest BCUT2D eigenvalue weighted by Crippen LogP contribution is -2.36. The highest BCUT2D eigenvalue weighted by Gasteiger charge is 2.44. The van der Waals surface area contributed by atoms with Crippen molar-refractivity contribution in [3.05, 3.63) is 69.6 Å². The Hall–Kier alpha value is -3.06. The van der Waals surface area contributed by atoms with Crippen LogP contribution in [0.15, 0.2) is 53.4 Å². The van der Waals surface area contributed by atoms with Crippen molar-refractivity contribution in [2.24, 2.45) is 7.05 Å². The fraction of sp³-hybridized carbons (Fsp3) is 0.227. The molecule has 8 heteroatoms. The zero-order valence-corrected chi connectivity index (χ0v) is 18.4. The Balaban J connectivity index is 1.47. The smallest absolute Gasteiger partial charge is 0.261 e. The molecule has 1 aromatic carbocycles. The summed E-state index contributed by atoms with van der Waals surface area (Å²) in [5.41, 5.74) is 4.32. The van der Waals surface area contributed by atoms with E-state index >= 15 is 0 Å². The number of rotatable bonds is 4. The summed E-state index contributed by atoms with van der Waals surface area (Å²) in [5.74, 6) is 1.22. The maximum Gasteiger partial charge on any atom is 0.261 e. The molecule has 0 saturated heterocycles. The first-order chi connectivity index (χ1) is 14.6. The Kier molecular flexibility index (Phi) is 4.62. The fourth-order valence-corrected chi connectivity index (χ4v) is 4.32. The van der Waals surface area contributed by atoms with Gasteiger partial charge in [0.15, 0.2) is 5.82 Å². The zero-order valence-electron chi connectivity index (χ0n) is 16.2. The molecule has 3 aromatic heterocycles. The maximum atomic E-state index is 9.27. The summed E-state index contributed by atoms with van der Waals surface area (Å²) in [4.78, 5) is 9.03. The third kappa shape index (κ3) is 3.10. The fourth-order valence-electron chi connectivity index (χ4n) is 3.90. The van der Waals surface area contributed by atoms with Gasteiger partial charge in [0.05, 0.1) is 22.7 Å². The zero-order chi connectivity index (χ0) is 20.7. The van der Waals surface area contributed by atoms with Gasteiger partial charge < -0.3 is 4.52 Å². The van der Waals surface area contributed by atoms with Crippen LogP contribution in [0, 0.1) is 15.0 Å². The molecule has 0 spiro atoms. The molecule has 0 unspecified atom stereocenters. The van der Waals surface area contributed by atoms with Gasteiger partial charge in [-0.2, -0.15) is 15.3 Å². The summed E-state index contributed by atoms with van der Waals surface area (Å²) in [5, 5.41) is 17.8. The van der Waals surface area contributed by atoms with Crippen LogP contribution in [0.1, 0.15) is 36.2 Å². The van der Waals surface area contributed by atoms with Crippen molar-refractivity contribution in [1.29, 1.82) is 5.26 Å². The van der Waals surface area contributed by atoms with Crippen LogP contribution in [0.5, 0.6) is 0 Å². The number of hydrogen-bond donors (Lipinski definition) is 0. The molecule has 1 saturated carbocycles. The first kappa shape index (κ1) is 18.9. The van der Waals surface area contributed by atoms with Crippen molar-refractivity contribution in [2.45, 2.75) is 24.7 Å². The van der Waals surface area contributed by atoms with E-state index in [-0.39, 0.29) is 5.41 Å². The van der Waals surface area contributed by atoms with Crippen molar-refractivity contribution >= 4 is 22.6 Å². The molecule has 0 N–H and O–H groups in total. The molecule has 148 valence electrons. The molecule has 1 aliphatic rings. The quantitative estimate of drug-likeness (QED) is 0.298. The van der Waals surface area contributed by atoms with Crippen molar-refractivity contribution in [1.82, 2.24) is 24.9 Å². The van der Waals surface area contributed by atoms with Crippen LogP contribution in [0.3, 0.4) is 0 Å². The highest BCUT2D eigenvalue weighted by Crippen LogP contribution is 2.48. The Labute approximate surface area is 186 Å². The molecule has 4 aromatic rings. The van der Waals surface area contributed by atoms with Gasteiger partial charge in [0.2, 0.25) is 0 Å². The number of halogens is 1. The lowest BCUT2D eigenvalue weighted by atomic mass is 9.64. The van der Waals surface area contributed by atoms with Gasteiger partial charge in [0.25, 0.3) is 5.89 Å². The predicted molar refractivity (Wildman–Crippen MR) is 118 cm³/mol. The summed E-state index contributed by atoms with van der Waals surface area (Å²) >= 11 is 2.08. The standard InChI is InChI=1S/C22H17IN6O/c1-29-13-17(12-26-29)20-27-21(28-30-20)22(7-2-8-22)18-5-3-14(4-6-18)16-9-15(10-24)19(23)25-11-16/h3-6,9,11-13H,2,7-8H2,1H3. The van der Waals surface area contributed by atoms with Crippen molar-refractivity contribution in [2.75, 3.05) is 0 Å². The second-order valence-corrected chi connectivity index (χ2v) is 8.53. The predicted octanol–water partition coefficient (Wildman–Crippen LogP) is 4.48. The first-order valence-corrected chi connectivity index (χ1v) is 10.7. The van der Waals surface area contributed by atoms with Crippen LogP contribution in [0.25, 0.3) is 22.6 Å². The van der Waals surface area contributed by atoms with Gasteiger partial charge in [-0.05, 0) is 52.6 Å². The number of pyridine rings is 1. The van der Waals surface area contributed by atoms with Crippen LogP contribution < -0.4 is 0 Å². The third-order valence-electron chi connectivity index (χ3n) is 5.74. The lowest BCUT2D eigenvalue weighted by Gasteiger charge is -2.39. The van der Waals surface area contributed by atoms with E-state index in [9.17, 15) is 5.26 Å². The van der Waals surface area contributed by atoms with Crippen LogP contribution in [0.4, 0.5) is 0 Å². The van der Waals surface area contributed by atoms with Gasteiger partial charge in [-0.25, -0.2) is 4.98 Å². The number of nitrogens with zero attached hydrogens (tertiary/aromatic N) is 6. The monoisotopic (exact) mass is 508 g/mol.